The molecule has 1 aliphatic heterocycles. The number of carbonyl (C=O) groups excluding carboxylic acids is 1. The van der Waals surface area contributed by atoms with Gasteiger partial charge in [0.05, 0.1) is 6.04 Å². The molecule has 4 nitrogen and oxygen atoms in total. The van der Waals surface area contributed by atoms with Gasteiger partial charge >= 0.3 is 0 Å². The molecule has 1 atom stereocenters. The molecule has 122 valence electrons. The number of amides is 1. The molecule has 0 aliphatic carbocycles. The lowest BCUT2D eigenvalue weighted by Crippen LogP contribution is -2.52. The summed E-state index contributed by atoms with van der Waals surface area (Å²) in [5.41, 5.74) is 6.80. The molecule has 6 heteroatoms. The fraction of sp³-hybridized carbons (Fsp3) is 0.562. The Hall–Kier alpha value is -1.17. The van der Waals surface area contributed by atoms with Crippen molar-refractivity contribution in [2.75, 3.05) is 26.2 Å². The van der Waals surface area contributed by atoms with E-state index in [2.05, 4.69) is 4.90 Å². The van der Waals surface area contributed by atoms with Gasteiger partial charge in [-0.05, 0) is 24.1 Å². The van der Waals surface area contributed by atoms with Gasteiger partial charge in [0.2, 0.25) is 5.91 Å². The van der Waals surface area contributed by atoms with Gasteiger partial charge in [-0.15, -0.1) is 0 Å². The summed E-state index contributed by atoms with van der Waals surface area (Å²) >= 11 is 6.06. The number of nitrogens with zero attached hydrogens (tertiary/aromatic N) is 2. The number of hydrogen-bond acceptors (Lipinski definition) is 3. The average molecular weight is 328 g/mol. The largest absolute Gasteiger partial charge is 0.339 e. The smallest absolute Gasteiger partial charge is 0.239 e. The number of halogens is 2. The zero-order chi connectivity index (χ0) is 16.1. The van der Waals surface area contributed by atoms with E-state index in [0.717, 1.165) is 31.5 Å². The first kappa shape index (κ1) is 17.2. The predicted molar refractivity (Wildman–Crippen MR) is 86.2 cm³/mol. The van der Waals surface area contributed by atoms with E-state index in [0.29, 0.717) is 24.7 Å². The number of rotatable bonds is 5. The summed E-state index contributed by atoms with van der Waals surface area (Å²) in [6.45, 7) is 5.60. The lowest BCUT2D eigenvalue weighted by molar-refractivity contribution is -0.134. The van der Waals surface area contributed by atoms with Crippen molar-refractivity contribution in [2.24, 2.45) is 5.73 Å². The highest BCUT2D eigenvalue weighted by Crippen LogP contribution is 2.19. The predicted octanol–water partition coefficient (Wildman–Crippen LogP) is 2.25. The fourth-order valence-electron chi connectivity index (χ4n) is 2.69. The zero-order valence-corrected chi connectivity index (χ0v) is 13.7. The molecule has 1 heterocycles. The maximum atomic E-state index is 13.1. The summed E-state index contributed by atoms with van der Waals surface area (Å²) in [6, 6.07) is 4.08. The van der Waals surface area contributed by atoms with Crippen LogP contribution in [0.3, 0.4) is 0 Å². The summed E-state index contributed by atoms with van der Waals surface area (Å²) in [5.74, 6) is -0.282. The van der Waals surface area contributed by atoms with Crippen LogP contribution in [-0.4, -0.2) is 47.9 Å². The third kappa shape index (κ3) is 4.41. The van der Waals surface area contributed by atoms with E-state index in [-0.39, 0.29) is 17.8 Å². The molecule has 2 rings (SSSR count). The molecular formula is C16H23ClFN3O. The first-order chi connectivity index (χ1) is 10.5. The molecule has 0 radical (unpaired) electrons. The summed E-state index contributed by atoms with van der Waals surface area (Å²) in [5, 5.41) is 0.448. The van der Waals surface area contributed by atoms with Crippen molar-refractivity contribution in [3.8, 4) is 0 Å². The van der Waals surface area contributed by atoms with Gasteiger partial charge in [-0.1, -0.05) is 31.0 Å². The zero-order valence-electron chi connectivity index (χ0n) is 12.9. The van der Waals surface area contributed by atoms with Crippen LogP contribution in [0.25, 0.3) is 0 Å². The monoisotopic (exact) mass is 327 g/mol. The number of piperazine rings is 1. The average Bonchev–Trinajstić information content (AvgIpc) is 2.50. The Labute approximate surface area is 136 Å². The van der Waals surface area contributed by atoms with Gasteiger partial charge in [-0.2, -0.15) is 0 Å². The molecule has 22 heavy (non-hydrogen) atoms. The maximum Gasteiger partial charge on any atom is 0.239 e. The summed E-state index contributed by atoms with van der Waals surface area (Å²) < 4.78 is 13.1. The summed E-state index contributed by atoms with van der Waals surface area (Å²) in [6.07, 6.45) is 1.64. The lowest BCUT2D eigenvalue weighted by atomic mass is 10.1. The molecule has 0 aromatic heterocycles. The Balaban J connectivity index is 1.85. The van der Waals surface area contributed by atoms with Crippen LogP contribution in [0.15, 0.2) is 18.2 Å². The molecule has 1 saturated heterocycles. The molecule has 0 bridgehead atoms. The van der Waals surface area contributed by atoms with Crippen molar-refractivity contribution in [1.82, 2.24) is 9.80 Å². The molecule has 0 spiro atoms. The van der Waals surface area contributed by atoms with E-state index >= 15 is 0 Å². The van der Waals surface area contributed by atoms with E-state index in [4.69, 9.17) is 17.3 Å². The van der Waals surface area contributed by atoms with Gasteiger partial charge in [-0.3, -0.25) is 9.69 Å². The van der Waals surface area contributed by atoms with E-state index in [1.807, 2.05) is 11.8 Å². The third-order valence-electron chi connectivity index (χ3n) is 4.01. The Kier molecular flexibility index (Phi) is 6.17. The second-order valence-electron chi connectivity index (χ2n) is 5.73. The quantitative estimate of drug-likeness (QED) is 0.902. The van der Waals surface area contributed by atoms with Crippen LogP contribution in [0.5, 0.6) is 0 Å². The molecule has 1 aromatic rings. The van der Waals surface area contributed by atoms with E-state index in [9.17, 15) is 9.18 Å². The first-order valence-electron chi connectivity index (χ1n) is 7.72. The topological polar surface area (TPSA) is 49.6 Å². The molecule has 0 saturated carbocycles. The highest BCUT2D eigenvalue weighted by atomic mass is 35.5. The van der Waals surface area contributed by atoms with Gasteiger partial charge in [0.1, 0.15) is 5.82 Å². The van der Waals surface area contributed by atoms with Gasteiger partial charge in [-0.25, -0.2) is 4.39 Å². The van der Waals surface area contributed by atoms with Crippen molar-refractivity contribution in [3.05, 3.63) is 34.6 Å². The molecule has 2 N–H and O–H groups in total. The molecule has 1 amide bonds. The lowest BCUT2D eigenvalue weighted by Gasteiger charge is -2.36. The van der Waals surface area contributed by atoms with Gasteiger partial charge in [0, 0.05) is 37.7 Å². The summed E-state index contributed by atoms with van der Waals surface area (Å²) in [7, 11) is 0. The van der Waals surface area contributed by atoms with Gasteiger partial charge in [0.15, 0.2) is 0 Å². The van der Waals surface area contributed by atoms with Crippen molar-refractivity contribution >= 4 is 17.5 Å². The van der Waals surface area contributed by atoms with Crippen LogP contribution in [0.1, 0.15) is 25.3 Å². The minimum Gasteiger partial charge on any atom is -0.339 e. The summed E-state index contributed by atoms with van der Waals surface area (Å²) in [4.78, 5) is 16.2. The third-order valence-corrected chi connectivity index (χ3v) is 4.36. The van der Waals surface area contributed by atoms with E-state index in [1.165, 1.54) is 12.1 Å². The fourth-order valence-corrected chi connectivity index (χ4v) is 2.91. The number of benzene rings is 1. The Bertz CT molecular complexity index is 518. The molecule has 1 aliphatic rings. The van der Waals surface area contributed by atoms with Crippen LogP contribution < -0.4 is 5.73 Å². The van der Waals surface area contributed by atoms with Crippen molar-refractivity contribution in [1.29, 1.82) is 0 Å². The second kappa shape index (κ2) is 7.90. The van der Waals surface area contributed by atoms with Gasteiger partial charge < -0.3 is 10.6 Å². The molecule has 1 fully saturated rings. The first-order valence-corrected chi connectivity index (χ1v) is 8.09. The van der Waals surface area contributed by atoms with Crippen LogP contribution in [0.2, 0.25) is 5.02 Å². The van der Waals surface area contributed by atoms with E-state index < -0.39 is 0 Å². The van der Waals surface area contributed by atoms with Crippen LogP contribution in [-0.2, 0) is 11.3 Å². The number of carbonyl (C=O) groups is 1. The standard InChI is InChI=1S/C16H23ClFN3O/c1-2-3-15(19)16(22)21-8-6-20(7-9-21)11-12-4-5-13(18)10-14(12)17/h4-5,10,15H,2-3,6-9,11,19H2,1H3. The molecule has 1 unspecified atom stereocenters. The molecule has 1 aromatic carbocycles. The van der Waals surface area contributed by atoms with E-state index in [1.54, 1.807) is 6.07 Å². The SMILES string of the molecule is CCCC(N)C(=O)N1CCN(Cc2ccc(F)cc2Cl)CC1. The Morgan fingerprint density at radius 2 is 2.05 bits per heavy atom. The Morgan fingerprint density at radius 3 is 2.64 bits per heavy atom. The number of nitrogens with two attached hydrogens (primary N) is 1. The second-order valence-corrected chi connectivity index (χ2v) is 6.14. The van der Waals surface area contributed by atoms with Crippen molar-refractivity contribution in [2.45, 2.75) is 32.4 Å². The van der Waals surface area contributed by atoms with Gasteiger partial charge in [0.25, 0.3) is 0 Å². The highest BCUT2D eigenvalue weighted by Gasteiger charge is 2.24. The normalized spacial score (nSPS) is 17.5. The van der Waals surface area contributed by atoms with Crippen molar-refractivity contribution in [3.63, 3.8) is 0 Å². The minimum absolute atomic E-state index is 0.0429. The van der Waals surface area contributed by atoms with Crippen LogP contribution in [0.4, 0.5) is 4.39 Å². The highest BCUT2D eigenvalue weighted by molar-refractivity contribution is 6.31. The number of hydrogen-bond donors (Lipinski definition) is 1. The Morgan fingerprint density at radius 1 is 1.36 bits per heavy atom. The maximum absolute atomic E-state index is 13.1. The minimum atomic E-state index is -0.386. The van der Waals surface area contributed by atoms with Crippen molar-refractivity contribution < 1.29 is 9.18 Å². The van der Waals surface area contributed by atoms with Crippen LogP contribution in [0, 0.1) is 5.82 Å². The molecular weight excluding hydrogens is 305 g/mol. The van der Waals surface area contributed by atoms with Crippen LogP contribution >= 0.6 is 11.6 Å².